The van der Waals surface area contributed by atoms with Crippen molar-refractivity contribution in [3.8, 4) is 0 Å². The zero-order valence-corrected chi connectivity index (χ0v) is 16.8. The van der Waals surface area contributed by atoms with E-state index in [9.17, 15) is 17.6 Å². The third kappa shape index (κ3) is 3.86. The SMILES string of the molecule is Nc1ccccc1NC(=O)c1nc2c(s1)CN(S(=O)(=O)c1cccc(F)c1)CC2. The first kappa shape index (κ1) is 19.5. The van der Waals surface area contributed by atoms with Gasteiger partial charge in [-0.1, -0.05) is 18.2 Å². The van der Waals surface area contributed by atoms with Crippen LogP contribution < -0.4 is 11.1 Å². The summed E-state index contributed by atoms with van der Waals surface area (Å²) in [6.45, 7) is 0.300. The second-order valence-electron chi connectivity index (χ2n) is 6.48. The molecule has 7 nitrogen and oxygen atoms in total. The minimum atomic E-state index is -3.84. The van der Waals surface area contributed by atoms with Crippen LogP contribution in [0, 0.1) is 5.82 Å². The van der Waals surface area contributed by atoms with Gasteiger partial charge in [0.1, 0.15) is 5.82 Å². The van der Waals surface area contributed by atoms with E-state index in [1.54, 1.807) is 24.3 Å². The number of nitrogen functional groups attached to an aromatic ring is 1. The Morgan fingerprint density at radius 3 is 2.76 bits per heavy atom. The van der Waals surface area contributed by atoms with Crippen molar-refractivity contribution >= 4 is 38.6 Å². The molecule has 3 N–H and O–H groups in total. The lowest BCUT2D eigenvalue weighted by Gasteiger charge is -2.25. The van der Waals surface area contributed by atoms with Crippen molar-refractivity contribution in [2.24, 2.45) is 0 Å². The Hall–Kier alpha value is -2.82. The number of nitrogens with two attached hydrogens (primary N) is 1. The van der Waals surface area contributed by atoms with Crippen LogP contribution in [0.25, 0.3) is 0 Å². The van der Waals surface area contributed by atoms with E-state index in [-0.39, 0.29) is 23.0 Å². The van der Waals surface area contributed by atoms with Crippen molar-refractivity contribution < 1.29 is 17.6 Å². The number of fused-ring (bicyclic) bond motifs is 1. The smallest absolute Gasteiger partial charge is 0.284 e. The molecule has 1 aliphatic heterocycles. The standard InChI is InChI=1S/C19H17FN4O3S2/c20-12-4-3-5-13(10-12)29(26,27)24-9-8-16-17(11-24)28-19(23-16)18(25)22-15-7-2-1-6-14(15)21/h1-7,10H,8-9,11,21H2,(H,22,25). The molecule has 150 valence electrons. The van der Waals surface area contributed by atoms with Crippen LogP contribution in [0.1, 0.15) is 20.4 Å². The summed E-state index contributed by atoms with van der Waals surface area (Å²) in [6.07, 6.45) is 0.376. The summed E-state index contributed by atoms with van der Waals surface area (Å²) in [5, 5.41) is 2.96. The molecule has 0 unspecified atom stereocenters. The average Bonchev–Trinajstić information content (AvgIpc) is 3.13. The maximum Gasteiger partial charge on any atom is 0.284 e. The van der Waals surface area contributed by atoms with E-state index in [1.165, 1.54) is 22.5 Å². The highest BCUT2D eigenvalue weighted by molar-refractivity contribution is 7.89. The van der Waals surface area contributed by atoms with Gasteiger partial charge in [0.15, 0.2) is 5.01 Å². The molecule has 1 aromatic heterocycles. The number of amides is 1. The normalized spacial score (nSPS) is 14.4. The molecule has 0 aliphatic carbocycles. The lowest BCUT2D eigenvalue weighted by Crippen LogP contribution is -2.35. The largest absolute Gasteiger partial charge is 0.397 e. The molecule has 4 rings (SSSR count). The van der Waals surface area contributed by atoms with E-state index < -0.39 is 21.7 Å². The van der Waals surface area contributed by atoms with Crippen LogP contribution in [0.2, 0.25) is 0 Å². The highest BCUT2D eigenvalue weighted by Gasteiger charge is 2.31. The number of para-hydroxylation sites is 2. The fourth-order valence-electron chi connectivity index (χ4n) is 3.04. The minimum absolute atomic E-state index is 0.0899. The Labute approximate surface area is 171 Å². The summed E-state index contributed by atoms with van der Waals surface area (Å²) in [5.41, 5.74) is 7.47. The Balaban J connectivity index is 1.54. The van der Waals surface area contributed by atoms with Crippen molar-refractivity contribution in [1.82, 2.24) is 9.29 Å². The summed E-state index contributed by atoms with van der Waals surface area (Å²) in [4.78, 5) is 17.5. The number of hydrogen-bond donors (Lipinski definition) is 2. The van der Waals surface area contributed by atoms with Gasteiger partial charge in [-0.25, -0.2) is 17.8 Å². The molecule has 0 saturated heterocycles. The predicted octanol–water partition coefficient (Wildman–Crippen LogP) is 2.86. The van der Waals surface area contributed by atoms with E-state index in [2.05, 4.69) is 10.3 Å². The lowest BCUT2D eigenvalue weighted by atomic mass is 10.2. The van der Waals surface area contributed by atoms with Gasteiger partial charge in [0.2, 0.25) is 10.0 Å². The fraction of sp³-hybridized carbons (Fsp3) is 0.158. The van der Waals surface area contributed by atoms with Gasteiger partial charge < -0.3 is 11.1 Å². The van der Waals surface area contributed by atoms with E-state index in [0.717, 1.165) is 17.4 Å². The van der Waals surface area contributed by atoms with Gasteiger partial charge in [0.25, 0.3) is 5.91 Å². The number of carbonyl (C=O) groups is 1. The molecule has 0 bridgehead atoms. The van der Waals surface area contributed by atoms with Gasteiger partial charge in [0.05, 0.1) is 28.5 Å². The molecule has 2 heterocycles. The van der Waals surface area contributed by atoms with E-state index in [4.69, 9.17) is 5.73 Å². The molecule has 29 heavy (non-hydrogen) atoms. The number of carbonyl (C=O) groups excluding carboxylic acids is 1. The zero-order valence-electron chi connectivity index (χ0n) is 15.1. The molecule has 0 saturated carbocycles. The zero-order chi connectivity index (χ0) is 20.6. The molecule has 10 heteroatoms. The number of thiazole rings is 1. The van der Waals surface area contributed by atoms with Gasteiger partial charge in [-0.05, 0) is 30.3 Å². The number of anilines is 2. The van der Waals surface area contributed by atoms with Crippen LogP contribution in [-0.4, -0.2) is 30.2 Å². The quantitative estimate of drug-likeness (QED) is 0.617. The molecule has 0 radical (unpaired) electrons. The maximum absolute atomic E-state index is 13.5. The Morgan fingerprint density at radius 2 is 2.00 bits per heavy atom. The highest BCUT2D eigenvalue weighted by atomic mass is 32.2. The highest BCUT2D eigenvalue weighted by Crippen LogP contribution is 2.30. The fourth-order valence-corrected chi connectivity index (χ4v) is 5.58. The minimum Gasteiger partial charge on any atom is -0.397 e. The monoisotopic (exact) mass is 432 g/mol. The number of aromatic nitrogens is 1. The summed E-state index contributed by atoms with van der Waals surface area (Å²) in [7, 11) is -3.84. The summed E-state index contributed by atoms with van der Waals surface area (Å²) in [5.74, 6) is -1.01. The topological polar surface area (TPSA) is 105 Å². The Bertz CT molecular complexity index is 1190. The Kier molecular flexibility index (Phi) is 5.07. The summed E-state index contributed by atoms with van der Waals surface area (Å²) >= 11 is 1.14. The third-order valence-electron chi connectivity index (χ3n) is 4.53. The van der Waals surface area contributed by atoms with Crippen molar-refractivity contribution in [2.75, 3.05) is 17.6 Å². The van der Waals surface area contributed by atoms with Crippen LogP contribution in [-0.2, 0) is 23.0 Å². The van der Waals surface area contributed by atoms with Gasteiger partial charge in [-0.3, -0.25) is 4.79 Å². The van der Waals surface area contributed by atoms with Crippen LogP contribution in [0.4, 0.5) is 15.8 Å². The van der Waals surface area contributed by atoms with Gasteiger partial charge in [0, 0.05) is 17.8 Å². The van der Waals surface area contributed by atoms with Crippen molar-refractivity contribution in [2.45, 2.75) is 17.9 Å². The van der Waals surface area contributed by atoms with Crippen LogP contribution in [0.15, 0.2) is 53.4 Å². The second kappa shape index (κ2) is 7.54. The maximum atomic E-state index is 13.5. The number of hydrogen-bond acceptors (Lipinski definition) is 6. The Morgan fingerprint density at radius 1 is 1.21 bits per heavy atom. The second-order valence-corrected chi connectivity index (χ2v) is 9.50. The summed E-state index contributed by atoms with van der Waals surface area (Å²) in [6, 6.07) is 11.8. The molecule has 1 amide bonds. The molecule has 3 aromatic rings. The number of benzene rings is 2. The molecule has 1 aliphatic rings. The van der Waals surface area contributed by atoms with E-state index in [1.807, 2.05) is 0 Å². The van der Waals surface area contributed by atoms with Crippen LogP contribution >= 0.6 is 11.3 Å². The molecular formula is C19H17FN4O3S2. The van der Waals surface area contributed by atoms with Gasteiger partial charge >= 0.3 is 0 Å². The molecule has 2 aromatic carbocycles. The lowest BCUT2D eigenvalue weighted by molar-refractivity contribution is 0.102. The predicted molar refractivity (Wildman–Crippen MR) is 109 cm³/mol. The number of sulfonamides is 1. The van der Waals surface area contributed by atoms with Crippen molar-refractivity contribution in [3.63, 3.8) is 0 Å². The van der Waals surface area contributed by atoms with Crippen LogP contribution in [0.5, 0.6) is 0 Å². The first-order valence-electron chi connectivity index (χ1n) is 8.75. The first-order chi connectivity index (χ1) is 13.8. The molecule has 0 spiro atoms. The molecule has 0 fully saturated rings. The average molecular weight is 433 g/mol. The number of rotatable bonds is 4. The van der Waals surface area contributed by atoms with Gasteiger partial charge in [-0.15, -0.1) is 11.3 Å². The van der Waals surface area contributed by atoms with Crippen molar-refractivity contribution in [1.29, 1.82) is 0 Å². The molecular weight excluding hydrogens is 415 g/mol. The third-order valence-corrected chi connectivity index (χ3v) is 7.46. The first-order valence-corrected chi connectivity index (χ1v) is 11.0. The van der Waals surface area contributed by atoms with Crippen LogP contribution in [0.3, 0.4) is 0 Å². The van der Waals surface area contributed by atoms with E-state index in [0.29, 0.717) is 28.4 Å². The number of halogens is 1. The number of nitrogens with one attached hydrogen (secondary N) is 1. The number of nitrogens with zero attached hydrogens (tertiary/aromatic N) is 2. The van der Waals surface area contributed by atoms with E-state index >= 15 is 0 Å². The molecule has 0 atom stereocenters. The van der Waals surface area contributed by atoms with Crippen molar-refractivity contribution in [3.05, 3.63) is 69.9 Å². The van der Waals surface area contributed by atoms with Gasteiger partial charge in [-0.2, -0.15) is 4.31 Å². The summed E-state index contributed by atoms with van der Waals surface area (Å²) < 4.78 is 40.4.